The second kappa shape index (κ2) is 11.3. The van der Waals surface area contributed by atoms with Crippen LogP contribution in [0.25, 0.3) is 5.69 Å². The third-order valence-corrected chi connectivity index (χ3v) is 4.01. The molecule has 0 saturated carbocycles. The van der Waals surface area contributed by atoms with Crippen molar-refractivity contribution in [1.29, 1.82) is 0 Å². The van der Waals surface area contributed by atoms with Crippen LogP contribution in [0.4, 0.5) is 0 Å². The minimum atomic E-state index is 0. The summed E-state index contributed by atoms with van der Waals surface area (Å²) >= 11 is 0. The fourth-order valence-electron chi connectivity index (χ4n) is 2.69. The number of aromatic nitrogens is 3. The van der Waals surface area contributed by atoms with E-state index in [4.69, 9.17) is 4.74 Å². The highest BCUT2D eigenvalue weighted by molar-refractivity contribution is 14.0. The van der Waals surface area contributed by atoms with Crippen LogP contribution < -0.4 is 15.4 Å². The van der Waals surface area contributed by atoms with Gasteiger partial charge in [-0.3, -0.25) is 4.57 Å². The Balaban J connectivity index is 0.00000280. The van der Waals surface area contributed by atoms with Crippen LogP contribution in [-0.2, 0) is 13.1 Å². The van der Waals surface area contributed by atoms with E-state index in [1.54, 1.807) is 13.4 Å². The van der Waals surface area contributed by atoms with Gasteiger partial charge in [-0.15, -0.1) is 34.2 Å². The fraction of sp³-hybridized carbons (Fsp3) is 0.250. The van der Waals surface area contributed by atoms with Gasteiger partial charge in [0.25, 0.3) is 0 Å². The van der Waals surface area contributed by atoms with Crippen molar-refractivity contribution < 1.29 is 4.74 Å². The topological polar surface area (TPSA) is 76.4 Å². The number of hydrogen-bond donors (Lipinski definition) is 2. The predicted octanol–water partition coefficient (Wildman–Crippen LogP) is 3.15. The number of halogens is 1. The summed E-state index contributed by atoms with van der Waals surface area (Å²) in [6, 6.07) is 17.9. The first kappa shape index (κ1) is 21.7. The Morgan fingerprint density at radius 1 is 1.07 bits per heavy atom. The first-order chi connectivity index (χ1) is 13.3. The Morgan fingerprint density at radius 3 is 2.57 bits per heavy atom. The van der Waals surface area contributed by atoms with E-state index in [9.17, 15) is 0 Å². The monoisotopic (exact) mass is 492 g/mol. The highest BCUT2D eigenvalue weighted by Crippen LogP contribution is 2.17. The van der Waals surface area contributed by atoms with Crippen molar-refractivity contribution in [1.82, 2.24) is 25.4 Å². The first-order valence-electron chi connectivity index (χ1n) is 8.90. The molecule has 0 bridgehead atoms. The summed E-state index contributed by atoms with van der Waals surface area (Å²) in [6.45, 7) is 3.83. The molecule has 0 spiro atoms. The highest BCUT2D eigenvalue weighted by atomic mass is 127. The minimum Gasteiger partial charge on any atom is -0.496 e. The molecule has 148 valence electrons. The van der Waals surface area contributed by atoms with Gasteiger partial charge in [-0.1, -0.05) is 36.4 Å². The molecule has 0 saturated heterocycles. The number of hydrogen-bond acceptors (Lipinski definition) is 4. The van der Waals surface area contributed by atoms with Crippen molar-refractivity contribution in [2.45, 2.75) is 20.0 Å². The first-order valence-corrected chi connectivity index (χ1v) is 8.90. The van der Waals surface area contributed by atoms with Crippen LogP contribution in [0.1, 0.15) is 18.3 Å². The molecule has 0 atom stereocenters. The third kappa shape index (κ3) is 5.69. The second-order valence-corrected chi connectivity index (χ2v) is 5.81. The molecule has 7 nitrogen and oxygen atoms in total. The molecule has 0 aliphatic rings. The van der Waals surface area contributed by atoms with E-state index in [1.165, 1.54) is 0 Å². The van der Waals surface area contributed by atoms with E-state index in [0.717, 1.165) is 29.4 Å². The predicted molar refractivity (Wildman–Crippen MR) is 121 cm³/mol. The van der Waals surface area contributed by atoms with Crippen molar-refractivity contribution in [2.75, 3.05) is 13.7 Å². The van der Waals surface area contributed by atoms with Crippen molar-refractivity contribution in [3.63, 3.8) is 0 Å². The van der Waals surface area contributed by atoms with Crippen LogP contribution in [0.15, 0.2) is 65.9 Å². The highest BCUT2D eigenvalue weighted by Gasteiger charge is 2.08. The largest absolute Gasteiger partial charge is 0.496 e. The van der Waals surface area contributed by atoms with E-state index >= 15 is 0 Å². The van der Waals surface area contributed by atoms with Gasteiger partial charge in [0.15, 0.2) is 11.8 Å². The summed E-state index contributed by atoms with van der Waals surface area (Å²) in [5.41, 5.74) is 2.06. The molecule has 3 rings (SSSR count). The lowest BCUT2D eigenvalue weighted by Crippen LogP contribution is -2.37. The summed E-state index contributed by atoms with van der Waals surface area (Å²) < 4.78 is 7.34. The zero-order chi connectivity index (χ0) is 18.9. The van der Waals surface area contributed by atoms with Crippen molar-refractivity contribution >= 4 is 29.9 Å². The maximum atomic E-state index is 5.39. The number of guanidine groups is 1. The molecule has 0 fully saturated rings. The normalized spacial score (nSPS) is 10.9. The van der Waals surface area contributed by atoms with Gasteiger partial charge < -0.3 is 15.4 Å². The van der Waals surface area contributed by atoms with Crippen LogP contribution in [0.2, 0.25) is 0 Å². The quantitative estimate of drug-likeness (QED) is 0.301. The number of methoxy groups -OCH3 is 1. The molecule has 0 aliphatic carbocycles. The van der Waals surface area contributed by atoms with E-state index < -0.39 is 0 Å². The molecular weight excluding hydrogens is 467 g/mol. The zero-order valence-corrected chi connectivity index (χ0v) is 18.3. The van der Waals surface area contributed by atoms with Crippen molar-refractivity contribution in [3.8, 4) is 11.4 Å². The van der Waals surface area contributed by atoms with E-state index in [0.29, 0.717) is 19.0 Å². The van der Waals surface area contributed by atoms with E-state index in [-0.39, 0.29) is 24.0 Å². The number of benzene rings is 2. The maximum Gasteiger partial charge on any atom is 0.191 e. The number of rotatable bonds is 7. The van der Waals surface area contributed by atoms with Crippen LogP contribution >= 0.6 is 24.0 Å². The van der Waals surface area contributed by atoms with E-state index in [2.05, 4.69) is 25.8 Å². The lowest BCUT2D eigenvalue weighted by molar-refractivity contribution is 0.410. The molecule has 3 aromatic rings. The van der Waals surface area contributed by atoms with Gasteiger partial charge in [-0.05, 0) is 25.1 Å². The van der Waals surface area contributed by atoms with Crippen LogP contribution in [0.5, 0.6) is 5.75 Å². The second-order valence-electron chi connectivity index (χ2n) is 5.81. The van der Waals surface area contributed by atoms with Gasteiger partial charge in [-0.25, -0.2) is 4.99 Å². The summed E-state index contributed by atoms with van der Waals surface area (Å²) in [7, 11) is 1.67. The molecule has 1 aromatic heterocycles. The summed E-state index contributed by atoms with van der Waals surface area (Å²) in [5.74, 6) is 2.36. The van der Waals surface area contributed by atoms with E-state index in [1.807, 2.05) is 66.1 Å². The Labute approximate surface area is 182 Å². The smallest absolute Gasteiger partial charge is 0.191 e. The van der Waals surface area contributed by atoms with Crippen molar-refractivity contribution in [2.24, 2.45) is 4.99 Å². The summed E-state index contributed by atoms with van der Waals surface area (Å²) in [5, 5.41) is 14.8. The molecule has 0 radical (unpaired) electrons. The Morgan fingerprint density at radius 2 is 1.82 bits per heavy atom. The molecule has 0 amide bonds. The minimum absolute atomic E-state index is 0. The third-order valence-electron chi connectivity index (χ3n) is 4.01. The van der Waals surface area contributed by atoms with Gasteiger partial charge in [0, 0.05) is 17.8 Å². The van der Waals surface area contributed by atoms with Gasteiger partial charge in [-0.2, -0.15) is 0 Å². The molecule has 1 heterocycles. The Bertz CT molecular complexity index is 881. The number of nitrogens with zero attached hydrogens (tertiary/aromatic N) is 4. The Hall–Kier alpha value is -2.62. The molecule has 2 aromatic carbocycles. The molecular formula is C20H25IN6O. The number of aliphatic imine (C=N–C) groups is 1. The average Bonchev–Trinajstić information content (AvgIpc) is 3.19. The Kier molecular flexibility index (Phi) is 8.73. The lowest BCUT2D eigenvalue weighted by atomic mass is 10.2. The zero-order valence-electron chi connectivity index (χ0n) is 16.0. The number of ether oxygens (including phenoxy) is 1. The number of nitrogens with one attached hydrogen (secondary N) is 2. The maximum absolute atomic E-state index is 5.39. The van der Waals surface area contributed by atoms with Crippen LogP contribution in [0.3, 0.4) is 0 Å². The van der Waals surface area contributed by atoms with Crippen LogP contribution in [-0.4, -0.2) is 34.4 Å². The van der Waals surface area contributed by atoms with Crippen molar-refractivity contribution in [3.05, 3.63) is 72.3 Å². The van der Waals surface area contributed by atoms with Gasteiger partial charge >= 0.3 is 0 Å². The lowest BCUT2D eigenvalue weighted by Gasteiger charge is -2.12. The molecule has 2 N–H and O–H groups in total. The molecule has 0 unspecified atom stereocenters. The van der Waals surface area contributed by atoms with Crippen LogP contribution in [0, 0.1) is 0 Å². The fourth-order valence-corrected chi connectivity index (χ4v) is 2.69. The van der Waals surface area contributed by atoms with Gasteiger partial charge in [0.1, 0.15) is 12.1 Å². The molecule has 28 heavy (non-hydrogen) atoms. The number of para-hydroxylation sites is 2. The molecule has 8 heteroatoms. The SMILES string of the molecule is CCNC(=NCc1ccccc1OC)NCc1nncn1-c1ccccc1.I. The summed E-state index contributed by atoms with van der Waals surface area (Å²) in [4.78, 5) is 4.65. The van der Waals surface area contributed by atoms with Gasteiger partial charge in [0.05, 0.1) is 20.2 Å². The van der Waals surface area contributed by atoms with Gasteiger partial charge in [0.2, 0.25) is 0 Å². The molecule has 0 aliphatic heterocycles. The summed E-state index contributed by atoms with van der Waals surface area (Å²) in [6.07, 6.45) is 1.71. The standard InChI is InChI=1S/C20H24N6O.HI/c1-3-21-20(22-13-16-9-7-8-12-18(16)27-2)23-14-19-25-24-15-26(19)17-10-5-4-6-11-17;/h4-12,15H,3,13-14H2,1-2H3,(H2,21,22,23);1H. The average molecular weight is 492 g/mol.